The average molecular weight is 275 g/mol. The van der Waals surface area contributed by atoms with Crippen molar-refractivity contribution < 1.29 is 4.79 Å². The summed E-state index contributed by atoms with van der Waals surface area (Å²) in [5.41, 5.74) is 1.68. The molecule has 4 nitrogen and oxygen atoms in total. The second-order valence-corrected chi connectivity index (χ2v) is 6.23. The van der Waals surface area contributed by atoms with Crippen molar-refractivity contribution in [2.45, 2.75) is 33.1 Å². The largest absolute Gasteiger partial charge is 0.373 e. The molecule has 0 aromatic carbocycles. The van der Waals surface area contributed by atoms with Gasteiger partial charge in [0.2, 0.25) is 0 Å². The van der Waals surface area contributed by atoms with E-state index in [4.69, 9.17) is 0 Å². The van der Waals surface area contributed by atoms with Crippen LogP contribution < -0.4 is 5.32 Å². The van der Waals surface area contributed by atoms with Gasteiger partial charge in [-0.3, -0.25) is 4.79 Å². The molecule has 1 aliphatic carbocycles. The Labute approximate surface area is 121 Å². The molecule has 4 heteroatoms. The van der Waals surface area contributed by atoms with Crippen molar-refractivity contribution in [1.82, 2.24) is 9.88 Å². The van der Waals surface area contributed by atoms with E-state index in [1.54, 1.807) is 0 Å². The minimum Gasteiger partial charge on any atom is -0.373 e. The molecule has 0 radical (unpaired) electrons. The van der Waals surface area contributed by atoms with Crippen molar-refractivity contribution in [2.75, 3.05) is 26.0 Å². The van der Waals surface area contributed by atoms with Crippen LogP contribution in [0.4, 0.5) is 5.82 Å². The van der Waals surface area contributed by atoms with Crippen LogP contribution in [-0.4, -0.2) is 36.4 Å². The third kappa shape index (κ3) is 3.30. The molecular formula is C16H25N3O. The molecular weight excluding hydrogens is 250 g/mol. The lowest BCUT2D eigenvalue weighted by Gasteiger charge is -2.18. The number of amides is 1. The summed E-state index contributed by atoms with van der Waals surface area (Å²) >= 11 is 0. The number of pyridine rings is 1. The Kier molecular flexibility index (Phi) is 4.31. The summed E-state index contributed by atoms with van der Waals surface area (Å²) in [5, 5.41) is 3.03. The van der Waals surface area contributed by atoms with Gasteiger partial charge in [-0.05, 0) is 36.3 Å². The lowest BCUT2D eigenvalue weighted by molar-refractivity contribution is 0.0787. The second kappa shape index (κ2) is 5.81. The van der Waals surface area contributed by atoms with Gasteiger partial charge in [-0.2, -0.15) is 0 Å². The highest BCUT2D eigenvalue weighted by Crippen LogP contribution is 2.38. The minimum absolute atomic E-state index is 0.0879. The van der Waals surface area contributed by atoms with Gasteiger partial charge in [-0.25, -0.2) is 4.98 Å². The molecule has 1 aromatic heterocycles. The number of hydrogen-bond acceptors (Lipinski definition) is 3. The van der Waals surface area contributed by atoms with Crippen LogP contribution in [0.1, 0.15) is 49.2 Å². The number of carbonyl (C=O) groups is 1. The number of carbonyl (C=O) groups excluding carboxylic acids is 1. The van der Waals surface area contributed by atoms with Gasteiger partial charge in [0.15, 0.2) is 0 Å². The van der Waals surface area contributed by atoms with E-state index in [1.807, 2.05) is 31.1 Å². The molecule has 1 fully saturated rings. The van der Waals surface area contributed by atoms with Gasteiger partial charge in [0.05, 0.1) is 0 Å². The van der Waals surface area contributed by atoms with Gasteiger partial charge in [0.25, 0.3) is 5.91 Å². The SMILES string of the molecule is CNc1cc(C(=O)N(C)CC2CC2C)cc(C(C)C)n1. The Hall–Kier alpha value is -1.58. The van der Waals surface area contributed by atoms with Crippen LogP contribution in [0.15, 0.2) is 12.1 Å². The molecule has 0 saturated heterocycles. The molecule has 20 heavy (non-hydrogen) atoms. The average Bonchev–Trinajstić information content (AvgIpc) is 3.12. The topological polar surface area (TPSA) is 45.2 Å². The molecule has 1 aromatic rings. The number of anilines is 1. The van der Waals surface area contributed by atoms with Crippen LogP contribution in [-0.2, 0) is 0 Å². The Morgan fingerprint density at radius 2 is 2.15 bits per heavy atom. The van der Waals surface area contributed by atoms with Gasteiger partial charge in [0, 0.05) is 31.9 Å². The van der Waals surface area contributed by atoms with Crippen LogP contribution in [0.25, 0.3) is 0 Å². The van der Waals surface area contributed by atoms with Crippen molar-refractivity contribution in [1.29, 1.82) is 0 Å². The molecule has 1 heterocycles. The maximum absolute atomic E-state index is 12.5. The van der Waals surface area contributed by atoms with Crippen LogP contribution in [0.3, 0.4) is 0 Å². The zero-order chi connectivity index (χ0) is 14.9. The Morgan fingerprint density at radius 1 is 1.50 bits per heavy atom. The molecule has 1 aliphatic rings. The Bertz CT molecular complexity index is 498. The highest BCUT2D eigenvalue weighted by atomic mass is 16.2. The zero-order valence-electron chi connectivity index (χ0n) is 13.1. The first-order chi connectivity index (χ1) is 9.42. The van der Waals surface area contributed by atoms with E-state index >= 15 is 0 Å². The molecule has 1 amide bonds. The molecule has 1 N–H and O–H groups in total. The maximum atomic E-state index is 12.5. The summed E-state index contributed by atoms with van der Waals surface area (Å²) in [6, 6.07) is 3.75. The number of rotatable bonds is 5. The van der Waals surface area contributed by atoms with E-state index in [9.17, 15) is 4.79 Å². The van der Waals surface area contributed by atoms with Crippen molar-refractivity contribution in [3.05, 3.63) is 23.4 Å². The first-order valence-corrected chi connectivity index (χ1v) is 7.37. The first-order valence-electron chi connectivity index (χ1n) is 7.37. The van der Waals surface area contributed by atoms with E-state index < -0.39 is 0 Å². The van der Waals surface area contributed by atoms with Crippen LogP contribution >= 0.6 is 0 Å². The zero-order valence-corrected chi connectivity index (χ0v) is 13.1. The van der Waals surface area contributed by atoms with Gasteiger partial charge < -0.3 is 10.2 Å². The maximum Gasteiger partial charge on any atom is 0.253 e. The summed E-state index contributed by atoms with van der Waals surface area (Å²) in [6.07, 6.45) is 1.24. The van der Waals surface area contributed by atoms with Crippen molar-refractivity contribution in [3.63, 3.8) is 0 Å². The summed E-state index contributed by atoms with van der Waals surface area (Å²) < 4.78 is 0. The Balaban J connectivity index is 2.17. The Morgan fingerprint density at radius 3 is 2.65 bits per heavy atom. The molecule has 1 saturated carbocycles. The summed E-state index contributed by atoms with van der Waals surface area (Å²) in [7, 11) is 3.72. The van der Waals surface area contributed by atoms with Crippen molar-refractivity contribution in [2.24, 2.45) is 11.8 Å². The fourth-order valence-electron chi connectivity index (χ4n) is 2.41. The number of nitrogens with zero attached hydrogens (tertiary/aromatic N) is 2. The molecule has 2 rings (SSSR count). The normalized spacial score (nSPS) is 20.9. The first kappa shape index (κ1) is 14.8. The monoisotopic (exact) mass is 275 g/mol. The highest BCUT2D eigenvalue weighted by molar-refractivity contribution is 5.95. The lowest BCUT2D eigenvalue weighted by Crippen LogP contribution is -2.29. The van der Waals surface area contributed by atoms with Gasteiger partial charge >= 0.3 is 0 Å². The predicted octanol–water partition coefficient (Wildman–Crippen LogP) is 2.97. The van der Waals surface area contributed by atoms with Crippen LogP contribution in [0.5, 0.6) is 0 Å². The lowest BCUT2D eigenvalue weighted by atomic mass is 10.1. The molecule has 2 unspecified atom stereocenters. The smallest absolute Gasteiger partial charge is 0.253 e. The minimum atomic E-state index is 0.0879. The van der Waals surface area contributed by atoms with Crippen molar-refractivity contribution >= 4 is 11.7 Å². The molecule has 0 aliphatic heterocycles. The van der Waals surface area contributed by atoms with E-state index in [0.717, 1.165) is 29.5 Å². The predicted molar refractivity (Wildman–Crippen MR) is 82.1 cm³/mol. The third-order valence-corrected chi connectivity index (χ3v) is 4.07. The fourth-order valence-corrected chi connectivity index (χ4v) is 2.41. The van der Waals surface area contributed by atoms with E-state index in [-0.39, 0.29) is 5.91 Å². The number of hydrogen-bond donors (Lipinski definition) is 1. The number of aromatic nitrogens is 1. The second-order valence-electron chi connectivity index (χ2n) is 6.23. The number of nitrogens with one attached hydrogen (secondary N) is 1. The summed E-state index contributed by atoms with van der Waals surface area (Å²) in [5.74, 6) is 2.60. The molecule has 0 bridgehead atoms. The van der Waals surface area contributed by atoms with Crippen LogP contribution in [0.2, 0.25) is 0 Å². The fraction of sp³-hybridized carbons (Fsp3) is 0.625. The molecule has 0 spiro atoms. The van der Waals surface area contributed by atoms with E-state index in [1.165, 1.54) is 6.42 Å². The van der Waals surface area contributed by atoms with E-state index in [0.29, 0.717) is 11.8 Å². The van der Waals surface area contributed by atoms with Gasteiger partial charge in [-0.15, -0.1) is 0 Å². The molecule has 2 atom stereocenters. The quantitative estimate of drug-likeness (QED) is 0.898. The summed E-state index contributed by atoms with van der Waals surface area (Å²) in [4.78, 5) is 18.9. The third-order valence-electron chi connectivity index (χ3n) is 4.07. The van der Waals surface area contributed by atoms with Gasteiger partial charge in [0.1, 0.15) is 5.82 Å². The summed E-state index contributed by atoms with van der Waals surface area (Å²) in [6.45, 7) is 7.27. The van der Waals surface area contributed by atoms with Crippen LogP contribution in [0, 0.1) is 11.8 Å². The molecule has 110 valence electrons. The van der Waals surface area contributed by atoms with Gasteiger partial charge in [-0.1, -0.05) is 20.8 Å². The van der Waals surface area contributed by atoms with Crippen molar-refractivity contribution in [3.8, 4) is 0 Å². The highest BCUT2D eigenvalue weighted by Gasteiger charge is 2.34. The van der Waals surface area contributed by atoms with E-state index in [2.05, 4.69) is 31.1 Å². The standard InChI is InChI=1S/C16H25N3O/c1-10(2)14-7-12(8-15(17-4)18-14)16(20)19(5)9-13-6-11(13)3/h7-8,10-11,13H,6,9H2,1-5H3,(H,17,18).